The summed E-state index contributed by atoms with van der Waals surface area (Å²) in [6.07, 6.45) is 3.91. The largest absolute Gasteiger partial charge is 0.350 e. The second-order valence-electron chi connectivity index (χ2n) is 5.60. The van der Waals surface area contributed by atoms with Crippen molar-refractivity contribution in [3.8, 4) is 0 Å². The molecule has 0 aliphatic carbocycles. The number of nitrogens with one attached hydrogen (secondary N) is 1. The summed E-state index contributed by atoms with van der Waals surface area (Å²) in [6.45, 7) is 7.97. The number of sulfonamides is 1. The van der Waals surface area contributed by atoms with Crippen LogP contribution in [0.2, 0.25) is 0 Å². The standard InChI is InChI=1S/C12H26N2O3S/c1-6-7-8-9-14(18(5,16)17)10-11(15)13-12(2,3)4/h6-10H2,1-5H3,(H,13,15). The van der Waals surface area contributed by atoms with Gasteiger partial charge in [-0.15, -0.1) is 0 Å². The van der Waals surface area contributed by atoms with Crippen LogP contribution in [0.1, 0.15) is 47.0 Å². The molecule has 0 spiro atoms. The third-order valence-corrected chi connectivity index (χ3v) is 3.56. The third kappa shape index (κ3) is 8.47. The van der Waals surface area contributed by atoms with Gasteiger partial charge < -0.3 is 5.32 Å². The Morgan fingerprint density at radius 1 is 1.22 bits per heavy atom. The quantitative estimate of drug-likeness (QED) is 0.715. The molecule has 0 rings (SSSR count). The number of hydrogen-bond acceptors (Lipinski definition) is 3. The van der Waals surface area contributed by atoms with Gasteiger partial charge in [0, 0.05) is 12.1 Å². The van der Waals surface area contributed by atoms with Crippen molar-refractivity contribution >= 4 is 15.9 Å². The lowest BCUT2D eigenvalue weighted by atomic mass is 10.1. The van der Waals surface area contributed by atoms with E-state index >= 15 is 0 Å². The van der Waals surface area contributed by atoms with Crippen molar-refractivity contribution in [2.24, 2.45) is 0 Å². The lowest BCUT2D eigenvalue weighted by Gasteiger charge is -2.24. The highest BCUT2D eigenvalue weighted by Crippen LogP contribution is 2.04. The van der Waals surface area contributed by atoms with Crippen molar-refractivity contribution in [2.75, 3.05) is 19.3 Å². The fourth-order valence-electron chi connectivity index (χ4n) is 1.52. The highest BCUT2D eigenvalue weighted by molar-refractivity contribution is 7.88. The number of hydrogen-bond donors (Lipinski definition) is 1. The Morgan fingerprint density at radius 3 is 2.17 bits per heavy atom. The number of unbranched alkanes of at least 4 members (excludes halogenated alkanes) is 2. The van der Waals surface area contributed by atoms with E-state index in [0.29, 0.717) is 6.54 Å². The summed E-state index contributed by atoms with van der Waals surface area (Å²) < 4.78 is 24.4. The van der Waals surface area contributed by atoms with Crippen molar-refractivity contribution in [3.05, 3.63) is 0 Å². The number of carbonyl (C=O) groups excluding carboxylic acids is 1. The van der Waals surface area contributed by atoms with Crippen LogP contribution in [0.25, 0.3) is 0 Å². The van der Waals surface area contributed by atoms with Crippen molar-refractivity contribution < 1.29 is 13.2 Å². The molecule has 0 aromatic carbocycles. The molecule has 0 heterocycles. The molecule has 1 amide bonds. The molecule has 0 unspecified atom stereocenters. The van der Waals surface area contributed by atoms with E-state index in [1.165, 1.54) is 4.31 Å². The van der Waals surface area contributed by atoms with Crippen LogP contribution in [-0.4, -0.2) is 43.5 Å². The predicted octanol–water partition coefficient (Wildman–Crippen LogP) is 1.35. The maximum absolute atomic E-state index is 11.7. The lowest BCUT2D eigenvalue weighted by Crippen LogP contribution is -2.47. The number of rotatable bonds is 7. The van der Waals surface area contributed by atoms with Gasteiger partial charge in [-0.05, 0) is 27.2 Å². The van der Waals surface area contributed by atoms with Gasteiger partial charge in [-0.2, -0.15) is 4.31 Å². The van der Waals surface area contributed by atoms with Gasteiger partial charge in [0.2, 0.25) is 15.9 Å². The zero-order valence-corrected chi connectivity index (χ0v) is 12.9. The first-order chi connectivity index (χ1) is 8.06. The van der Waals surface area contributed by atoms with Gasteiger partial charge in [0.05, 0.1) is 12.8 Å². The van der Waals surface area contributed by atoms with Crippen LogP contribution in [0.4, 0.5) is 0 Å². The minimum atomic E-state index is -3.32. The van der Waals surface area contributed by atoms with E-state index in [2.05, 4.69) is 12.2 Å². The van der Waals surface area contributed by atoms with Crippen LogP contribution in [0.3, 0.4) is 0 Å². The normalized spacial score (nSPS) is 12.8. The van der Waals surface area contributed by atoms with Crippen molar-refractivity contribution in [3.63, 3.8) is 0 Å². The van der Waals surface area contributed by atoms with Gasteiger partial charge >= 0.3 is 0 Å². The molecule has 1 N–H and O–H groups in total. The lowest BCUT2D eigenvalue weighted by molar-refractivity contribution is -0.122. The van der Waals surface area contributed by atoms with Crippen LogP contribution in [-0.2, 0) is 14.8 Å². The van der Waals surface area contributed by atoms with E-state index < -0.39 is 10.0 Å². The molecule has 6 heteroatoms. The van der Waals surface area contributed by atoms with Gasteiger partial charge in [-0.25, -0.2) is 8.42 Å². The Hall–Kier alpha value is -0.620. The van der Waals surface area contributed by atoms with Gasteiger partial charge in [0.25, 0.3) is 0 Å². The maximum Gasteiger partial charge on any atom is 0.235 e. The zero-order valence-electron chi connectivity index (χ0n) is 12.1. The predicted molar refractivity (Wildman–Crippen MR) is 73.8 cm³/mol. The molecule has 108 valence electrons. The highest BCUT2D eigenvalue weighted by atomic mass is 32.2. The average molecular weight is 278 g/mol. The molecule has 0 radical (unpaired) electrons. The molecule has 0 bridgehead atoms. The van der Waals surface area contributed by atoms with E-state index in [9.17, 15) is 13.2 Å². The first-order valence-corrected chi connectivity index (χ1v) is 8.17. The molecule has 0 aromatic heterocycles. The molecule has 0 atom stereocenters. The Balaban J connectivity index is 4.47. The number of nitrogens with zero attached hydrogens (tertiary/aromatic N) is 1. The Labute approximate surface area is 111 Å². The van der Waals surface area contributed by atoms with Crippen LogP contribution in [0.5, 0.6) is 0 Å². The van der Waals surface area contributed by atoms with E-state index in [-0.39, 0.29) is 18.0 Å². The third-order valence-electron chi connectivity index (χ3n) is 2.31. The summed E-state index contributed by atoms with van der Waals surface area (Å²) >= 11 is 0. The van der Waals surface area contributed by atoms with E-state index in [1.54, 1.807) is 0 Å². The van der Waals surface area contributed by atoms with E-state index in [0.717, 1.165) is 25.5 Å². The van der Waals surface area contributed by atoms with E-state index in [4.69, 9.17) is 0 Å². The smallest absolute Gasteiger partial charge is 0.235 e. The number of carbonyl (C=O) groups is 1. The minimum absolute atomic E-state index is 0.0974. The Kier molecular flexibility index (Phi) is 6.84. The maximum atomic E-state index is 11.7. The summed E-state index contributed by atoms with van der Waals surface area (Å²) in [6, 6.07) is 0. The van der Waals surface area contributed by atoms with Crippen molar-refractivity contribution in [2.45, 2.75) is 52.5 Å². The minimum Gasteiger partial charge on any atom is -0.350 e. The first-order valence-electron chi connectivity index (χ1n) is 6.32. The molecule has 0 saturated carbocycles. The topological polar surface area (TPSA) is 66.5 Å². The molecule has 18 heavy (non-hydrogen) atoms. The molecule has 0 aliphatic rings. The molecule has 0 fully saturated rings. The number of amides is 1. The second-order valence-corrected chi connectivity index (χ2v) is 7.58. The van der Waals surface area contributed by atoms with Crippen LogP contribution in [0, 0.1) is 0 Å². The first kappa shape index (κ1) is 17.4. The van der Waals surface area contributed by atoms with Crippen molar-refractivity contribution in [1.82, 2.24) is 9.62 Å². The Bertz CT molecular complexity index is 358. The zero-order chi connectivity index (χ0) is 14.4. The van der Waals surface area contributed by atoms with Crippen molar-refractivity contribution in [1.29, 1.82) is 0 Å². The van der Waals surface area contributed by atoms with E-state index in [1.807, 2.05) is 20.8 Å². The summed E-state index contributed by atoms with van der Waals surface area (Å²) in [5, 5.41) is 2.77. The monoisotopic (exact) mass is 278 g/mol. The molecule has 0 saturated heterocycles. The van der Waals surface area contributed by atoms with Gasteiger partial charge in [-0.1, -0.05) is 19.8 Å². The fraction of sp³-hybridized carbons (Fsp3) is 0.917. The average Bonchev–Trinajstić information content (AvgIpc) is 2.12. The molecule has 0 aromatic rings. The molecule has 5 nitrogen and oxygen atoms in total. The van der Waals surface area contributed by atoms with Crippen LogP contribution in [0.15, 0.2) is 0 Å². The van der Waals surface area contributed by atoms with Gasteiger partial charge in [0.15, 0.2) is 0 Å². The fourth-order valence-corrected chi connectivity index (χ4v) is 2.33. The highest BCUT2D eigenvalue weighted by Gasteiger charge is 2.22. The summed E-state index contributed by atoms with van der Waals surface area (Å²) in [5.74, 6) is -0.260. The SMILES string of the molecule is CCCCCN(CC(=O)NC(C)(C)C)S(C)(=O)=O. The van der Waals surface area contributed by atoms with Crippen LogP contribution < -0.4 is 5.32 Å². The second kappa shape index (κ2) is 7.09. The molecular formula is C12H26N2O3S. The molecular weight excluding hydrogens is 252 g/mol. The van der Waals surface area contributed by atoms with Gasteiger partial charge in [0.1, 0.15) is 0 Å². The molecule has 0 aliphatic heterocycles. The Morgan fingerprint density at radius 2 is 1.78 bits per heavy atom. The van der Waals surface area contributed by atoms with Crippen LogP contribution >= 0.6 is 0 Å². The summed E-state index contributed by atoms with van der Waals surface area (Å²) in [4.78, 5) is 11.7. The van der Waals surface area contributed by atoms with Gasteiger partial charge in [-0.3, -0.25) is 4.79 Å². The summed E-state index contributed by atoms with van der Waals surface area (Å²) in [5.41, 5.74) is -0.344. The summed E-state index contributed by atoms with van der Waals surface area (Å²) in [7, 11) is -3.32.